The minimum absolute atomic E-state index is 0.0257. The third kappa shape index (κ3) is 13.6. The Kier molecular flexibility index (Phi) is 15.1. The molecule has 0 aliphatic heterocycles. The maximum Gasteiger partial charge on any atom is 0.236 e. The Morgan fingerprint density at radius 1 is 0.839 bits per heavy atom. The third-order valence-corrected chi connectivity index (χ3v) is 4.04. The van der Waals surface area contributed by atoms with Crippen LogP contribution in [0.4, 0.5) is 0 Å². The summed E-state index contributed by atoms with van der Waals surface area (Å²) in [6.45, 7) is 4.28. The zero-order chi connectivity index (χ0) is 22.7. The number of aromatic nitrogens is 1. The van der Waals surface area contributed by atoms with Gasteiger partial charge in [0.05, 0.1) is 65.8 Å². The maximum absolute atomic E-state index is 11.8. The molecule has 6 N–H and O–H groups in total. The predicted molar refractivity (Wildman–Crippen MR) is 110 cm³/mol. The Balaban J connectivity index is 1.79. The summed E-state index contributed by atoms with van der Waals surface area (Å²) in [6, 6.07) is 2.75. The van der Waals surface area contributed by atoms with Crippen LogP contribution in [-0.2, 0) is 35.1 Å². The molecule has 0 saturated carbocycles. The lowest BCUT2D eigenvalue weighted by Crippen LogP contribution is -2.30. The van der Waals surface area contributed by atoms with Crippen molar-refractivity contribution in [2.24, 2.45) is 5.84 Å². The zero-order valence-electron chi connectivity index (χ0n) is 17.7. The van der Waals surface area contributed by atoms with Gasteiger partial charge >= 0.3 is 0 Å². The van der Waals surface area contributed by atoms with Crippen LogP contribution < -0.4 is 16.6 Å². The molecule has 0 aliphatic rings. The van der Waals surface area contributed by atoms with Gasteiger partial charge in [0.25, 0.3) is 0 Å². The number of Topliss-reactive ketones (excluding diaryl/α,β-unsaturated/α-hetero) is 1. The fourth-order valence-corrected chi connectivity index (χ4v) is 2.37. The number of nitrogens with zero attached hydrogens (tertiary/aromatic N) is 1. The molecule has 0 fully saturated rings. The summed E-state index contributed by atoms with van der Waals surface area (Å²) in [4.78, 5) is 22.6. The second-order valence-corrected chi connectivity index (χ2v) is 6.43. The van der Waals surface area contributed by atoms with E-state index in [1.165, 1.54) is 16.7 Å². The number of ketones is 1. The Hall–Kier alpha value is -2.22. The fourth-order valence-electron chi connectivity index (χ4n) is 2.37. The number of hydrazine groups is 1. The van der Waals surface area contributed by atoms with E-state index in [0.29, 0.717) is 59.4 Å². The Morgan fingerprint density at radius 3 is 1.90 bits per heavy atom. The summed E-state index contributed by atoms with van der Waals surface area (Å²) in [5.74, 6) is 4.51. The first-order valence-corrected chi connectivity index (χ1v) is 10.1. The Labute approximate surface area is 181 Å². The molecule has 1 aromatic rings. The number of carbonyl (C=O) groups is 2. The molecule has 0 atom stereocenters. The number of nitrogens with two attached hydrogens (primary N) is 1. The molecule has 178 valence electrons. The van der Waals surface area contributed by atoms with Crippen LogP contribution >= 0.6 is 0 Å². The summed E-state index contributed by atoms with van der Waals surface area (Å²) in [7, 11) is 0. The molecule has 0 saturated heterocycles. The van der Waals surface area contributed by atoms with Crippen LogP contribution in [0, 0.1) is 0 Å². The van der Waals surface area contributed by atoms with Crippen molar-refractivity contribution >= 4 is 11.7 Å². The quantitative estimate of drug-likeness (QED) is 0.0717. The SMILES string of the molecule is NNC(=O)CCOCCOCCOCCOCCNCC(=O)CCn1c(O)ccc1O. The van der Waals surface area contributed by atoms with E-state index in [-0.39, 0.29) is 49.4 Å². The summed E-state index contributed by atoms with van der Waals surface area (Å²) in [6.07, 6.45) is 0.424. The molecule has 1 heterocycles. The van der Waals surface area contributed by atoms with Crippen molar-refractivity contribution < 1.29 is 38.7 Å². The van der Waals surface area contributed by atoms with Crippen molar-refractivity contribution in [2.75, 3.05) is 65.9 Å². The van der Waals surface area contributed by atoms with Crippen LogP contribution in [0.3, 0.4) is 0 Å². The first-order valence-electron chi connectivity index (χ1n) is 10.1. The number of nitrogens with one attached hydrogen (secondary N) is 2. The highest BCUT2D eigenvalue weighted by molar-refractivity contribution is 5.80. The first kappa shape index (κ1) is 26.8. The van der Waals surface area contributed by atoms with E-state index in [0.717, 1.165) is 0 Å². The van der Waals surface area contributed by atoms with Gasteiger partial charge in [-0.2, -0.15) is 0 Å². The average molecular weight is 447 g/mol. The molecule has 12 nitrogen and oxygen atoms in total. The molecule has 1 aromatic heterocycles. The number of ether oxygens (including phenoxy) is 4. The molecular weight excluding hydrogens is 412 g/mol. The second-order valence-electron chi connectivity index (χ2n) is 6.43. The average Bonchev–Trinajstić information content (AvgIpc) is 3.08. The molecule has 0 bridgehead atoms. The van der Waals surface area contributed by atoms with Crippen molar-refractivity contribution in [3.05, 3.63) is 12.1 Å². The number of rotatable bonds is 20. The predicted octanol–water partition coefficient (Wildman–Crippen LogP) is -1.11. The standard InChI is InChI=1S/C19H34N4O8/c20-22-17(25)4-7-28-9-11-30-13-14-31-12-10-29-8-5-21-15-16(24)3-6-23-18(26)1-2-19(23)27/h1-2,21,26-27H,3-15,20H2,(H,22,25). The monoisotopic (exact) mass is 446 g/mol. The van der Waals surface area contributed by atoms with Gasteiger partial charge in [0.2, 0.25) is 5.91 Å². The number of hydrogen-bond donors (Lipinski definition) is 5. The van der Waals surface area contributed by atoms with Gasteiger partial charge in [0.1, 0.15) is 5.78 Å². The van der Waals surface area contributed by atoms with Crippen molar-refractivity contribution in [2.45, 2.75) is 19.4 Å². The molecule has 12 heteroatoms. The van der Waals surface area contributed by atoms with Crippen molar-refractivity contribution in [1.29, 1.82) is 0 Å². The second kappa shape index (κ2) is 17.5. The minimum Gasteiger partial charge on any atom is -0.494 e. The van der Waals surface area contributed by atoms with Gasteiger partial charge in [-0.1, -0.05) is 0 Å². The van der Waals surface area contributed by atoms with E-state index >= 15 is 0 Å². The molecular formula is C19H34N4O8. The van der Waals surface area contributed by atoms with Crippen molar-refractivity contribution in [1.82, 2.24) is 15.3 Å². The van der Waals surface area contributed by atoms with E-state index in [1.54, 1.807) is 0 Å². The topological polar surface area (TPSA) is 167 Å². The van der Waals surface area contributed by atoms with Crippen LogP contribution in [0.1, 0.15) is 12.8 Å². The van der Waals surface area contributed by atoms with Crippen molar-refractivity contribution in [3.63, 3.8) is 0 Å². The fraction of sp³-hybridized carbons (Fsp3) is 0.684. The van der Waals surface area contributed by atoms with E-state index < -0.39 is 0 Å². The van der Waals surface area contributed by atoms with E-state index in [9.17, 15) is 19.8 Å². The molecule has 0 radical (unpaired) electrons. The third-order valence-electron chi connectivity index (χ3n) is 4.04. The summed E-state index contributed by atoms with van der Waals surface area (Å²) in [5, 5.41) is 22.0. The van der Waals surface area contributed by atoms with Crippen LogP contribution in [0.5, 0.6) is 11.8 Å². The van der Waals surface area contributed by atoms with Gasteiger partial charge in [-0.3, -0.25) is 19.6 Å². The van der Waals surface area contributed by atoms with Gasteiger partial charge in [-0.15, -0.1) is 0 Å². The first-order chi connectivity index (χ1) is 15.0. The summed E-state index contributed by atoms with van der Waals surface area (Å²) < 4.78 is 22.5. The minimum atomic E-state index is -0.270. The van der Waals surface area contributed by atoms with Gasteiger partial charge in [-0.05, 0) is 0 Å². The van der Waals surface area contributed by atoms with Crippen LogP contribution in [0.15, 0.2) is 12.1 Å². The van der Waals surface area contributed by atoms with E-state index in [1.807, 2.05) is 5.43 Å². The Morgan fingerprint density at radius 2 is 1.35 bits per heavy atom. The highest BCUT2D eigenvalue weighted by atomic mass is 16.6. The number of hydrogen-bond acceptors (Lipinski definition) is 10. The number of carbonyl (C=O) groups excluding carboxylic acids is 2. The highest BCUT2D eigenvalue weighted by Gasteiger charge is 2.08. The summed E-state index contributed by atoms with van der Waals surface area (Å²) in [5.41, 5.74) is 2.02. The number of aromatic hydroxyl groups is 2. The van der Waals surface area contributed by atoms with Crippen molar-refractivity contribution in [3.8, 4) is 11.8 Å². The van der Waals surface area contributed by atoms with Crippen LogP contribution in [-0.4, -0.2) is 92.4 Å². The molecule has 31 heavy (non-hydrogen) atoms. The Bertz CT molecular complexity index is 607. The molecule has 1 amide bonds. The summed E-state index contributed by atoms with van der Waals surface area (Å²) >= 11 is 0. The van der Waals surface area contributed by atoms with Crippen LogP contribution in [0.25, 0.3) is 0 Å². The molecule has 0 spiro atoms. The van der Waals surface area contributed by atoms with Gasteiger partial charge in [0.15, 0.2) is 11.8 Å². The van der Waals surface area contributed by atoms with Gasteiger partial charge in [0, 0.05) is 31.6 Å². The van der Waals surface area contributed by atoms with E-state index in [2.05, 4.69) is 5.32 Å². The molecule has 0 aliphatic carbocycles. The number of amides is 1. The lowest BCUT2D eigenvalue weighted by molar-refractivity contribution is -0.122. The van der Waals surface area contributed by atoms with Gasteiger partial charge < -0.3 is 34.5 Å². The van der Waals surface area contributed by atoms with Crippen LogP contribution in [0.2, 0.25) is 0 Å². The maximum atomic E-state index is 11.8. The van der Waals surface area contributed by atoms with Gasteiger partial charge in [-0.25, -0.2) is 5.84 Å². The normalized spacial score (nSPS) is 11.0. The lowest BCUT2D eigenvalue weighted by atomic mass is 10.3. The molecule has 0 aromatic carbocycles. The largest absolute Gasteiger partial charge is 0.494 e. The highest BCUT2D eigenvalue weighted by Crippen LogP contribution is 2.20. The zero-order valence-corrected chi connectivity index (χ0v) is 17.7. The van der Waals surface area contributed by atoms with E-state index in [4.69, 9.17) is 24.8 Å². The lowest BCUT2D eigenvalue weighted by Gasteiger charge is -2.08. The molecule has 1 rings (SSSR count). The smallest absolute Gasteiger partial charge is 0.236 e. The molecule has 0 unspecified atom stereocenters.